The molecule has 2 aliphatic rings. The average molecular weight is 934 g/mol. The first-order chi connectivity index (χ1) is 33.8. The normalized spacial score (nSPS) is 18.6. The molecule has 70 heavy (non-hydrogen) atoms. The van der Waals surface area contributed by atoms with Crippen molar-refractivity contribution in [1.29, 1.82) is 0 Å². The maximum absolute atomic E-state index is 14.8. The summed E-state index contributed by atoms with van der Waals surface area (Å²) < 4.78 is 52.0. The first kappa shape index (κ1) is 46.0. The van der Waals surface area contributed by atoms with Crippen LogP contribution in [0.25, 0.3) is 43.1 Å². The van der Waals surface area contributed by atoms with Crippen LogP contribution in [0.3, 0.4) is 0 Å². The minimum absolute atomic E-state index is 0.0342. The van der Waals surface area contributed by atoms with Gasteiger partial charge >= 0.3 is 12.1 Å². The van der Waals surface area contributed by atoms with Gasteiger partial charge in [-0.15, -0.1) is 0 Å². The van der Waals surface area contributed by atoms with Crippen LogP contribution in [0.5, 0.6) is 0 Å². The highest BCUT2D eigenvalue weighted by Gasteiger charge is 2.51. The van der Waals surface area contributed by atoms with Gasteiger partial charge in [-0.3, -0.25) is 9.59 Å². The minimum Gasteiger partial charge on any atom is -0.481 e. The van der Waals surface area contributed by atoms with Gasteiger partial charge in [-0.05, 0) is 101 Å². The summed E-state index contributed by atoms with van der Waals surface area (Å²) in [6.45, 7) is 7.34. The predicted octanol–water partition coefficient (Wildman–Crippen LogP) is 13.9. The highest BCUT2D eigenvalue weighted by Crippen LogP contribution is 2.56. The van der Waals surface area contributed by atoms with E-state index in [0.717, 1.165) is 94.2 Å². The molecule has 350 valence electrons. The first-order valence-corrected chi connectivity index (χ1v) is 23.7. The van der Waals surface area contributed by atoms with Crippen LogP contribution in [0.4, 0.5) is 24.5 Å². The number of hydrogen-bond acceptors (Lipinski definition) is 4. The number of alkyl halides is 3. The Balaban J connectivity index is 1.16. The average Bonchev–Trinajstić information content (AvgIpc) is 3.74. The van der Waals surface area contributed by atoms with Crippen molar-refractivity contribution in [2.24, 2.45) is 0 Å². The van der Waals surface area contributed by atoms with Crippen molar-refractivity contribution in [3.63, 3.8) is 0 Å². The maximum atomic E-state index is 14.8. The van der Waals surface area contributed by atoms with Crippen molar-refractivity contribution in [1.82, 2.24) is 0 Å². The number of ether oxygens (including phenoxy) is 1. The van der Waals surface area contributed by atoms with Crippen molar-refractivity contribution in [2.75, 3.05) is 24.6 Å². The summed E-state index contributed by atoms with van der Waals surface area (Å²) in [6.07, 6.45) is 5.94. The molecule has 2 heterocycles. The SMILES string of the molecule is Cc1cccc(CC2(C)C(/C=C/C=C/C=C3\N(CCOC=O)c4c(c5ccccc5c5ccccc45)C3(C)Cc3ccccc3C(F)(F)F)=[N+](CCC(=O)O)c3c2c2ccccc2c2ccccc32)c1. The monoisotopic (exact) mass is 933 g/mol. The lowest BCUT2D eigenvalue weighted by atomic mass is 9.72. The molecular formula is C61H52F3N2O4+. The van der Waals surface area contributed by atoms with Gasteiger partial charge in [-0.2, -0.15) is 17.7 Å². The fraction of sp³-hybridized carbons (Fsp3) is 0.197. The minimum atomic E-state index is -4.58. The standard InChI is InChI=1S/C61H51F3N2O4/c1-40-18-17-19-41(36-40)37-59(2)52(65(33-32-54(68)69)57-49-27-14-10-23-45(49)43-21-8-12-25-47(43)55(57)59)30-5-4-6-31-53-60(3,38-42-20-7-16-29-51(42)61(62,63)64)56-48-26-13-9-22-44(48)46-24-11-15-28-50(46)58(56)66(53)34-35-70-39-67/h4-31,36,39H,32-35,37-38H2,1-3H3/p+1. The Morgan fingerprint density at radius 3 is 1.91 bits per heavy atom. The quantitative estimate of drug-likeness (QED) is 0.0387. The summed E-state index contributed by atoms with van der Waals surface area (Å²) in [4.78, 5) is 26.1. The van der Waals surface area contributed by atoms with Gasteiger partial charge in [-0.25, -0.2) is 0 Å². The predicted molar refractivity (Wildman–Crippen MR) is 275 cm³/mol. The van der Waals surface area contributed by atoms with Gasteiger partial charge in [0.15, 0.2) is 12.3 Å². The number of nitrogens with zero attached hydrogens (tertiary/aromatic N) is 2. The number of fused-ring (bicyclic) bond motifs is 12. The largest absolute Gasteiger partial charge is 0.481 e. The topological polar surface area (TPSA) is 69.8 Å². The molecular weight excluding hydrogens is 882 g/mol. The summed E-state index contributed by atoms with van der Waals surface area (Å²) in [5.41, 5.74) is 5.81. The fourth-order valence-corrected chi connectivity index (χ4v) is 11.7. The van der Waals surface area contributed by atoms with E-state index in [2.05, 4.69) is 102 Å². The Morgan fingerprint density at radius 1 is 0.686 bits per heavy atom. The summed E-state index contributed by atoms with van der Waals surface area (Å²) in [7, 11) is 0. The molecule has 0 radical (unpaired) electrons. The molecule has 0 fully saturated rings. The Morgan fingerprint density at radius 2 is 1.27 bits per heavy atom. The number of anilines is 1. The molecule has 8 aromatic carbocycles. The lowest BCUT2D eigenvalue weighted by Crippen LogP contribution is -2.34. The Kier molecular flexibility index (Phi) is 12.0. The molecule has 0 saturated heterocycles. The molecule has 6 nitrogen and oxygen atoms in total. The molecule has 0 bridgehead atoms. The molecule has 0 aromatic heterocycles. The molecule has 9 heteroatoms. The number of carboxylic acid groups (broad SMARTS) is 1. The number of allylic oxidation sites excluding steroid dienone is 6. The van der Waals surface area contributed by atoms with Crippen molar-refractivity contribution in [3.05, 3.63) is 215 Å². The number of carbonyl (C=O) groups is 2. The summed E-state index contributed by atoms with van der Waals surface area (Å²) in [5, 5.41) is 18.4. The lowest BCUT2D eigenvalue weighted by Gasteiger charge is -2.31. The van der Waals surface area contributed by atoms with Crippen molar-refractivity contribution < 1.29 is 37.2 Å². The summed E-state index contributed by atoms with van der Waals surface area (Å²) in [5.74, 6) is -0.893. The van der Waals surface area contributed by atoms with Crippen LogP contribution in [0.15, 0.2) is 182 Å². The van der Waals surface area contributed by atoms with Gasteiger partial charge in [0.25, 0.3) is 6.47 Å². The van der Waals surface area contributed by atoms with Crippen molar-refractivity contribution >= 4 is 72.6 Å². The van der Waals surface area contributed by atoms with E-state index in [1.165, 1.54) is 6.07 Å². The summed E-state index contributed by atoms with van der Waals surface area (Å²) in [6, 6.07) is 47.2. The van der Waals surface area contributed by atoms with Crippen molar-refractivity contribution in [2.45, 2.75) is 57.0 Å². The Bertz CT molecular complexity index is 3530. The molecule has 10 rings (SSSR count). The van der Waals surface area contributed by atoms with Crippen LogP contribution < -0.4 is 4.90 Å². The van der Waals surface area contributed by atoms with E-state index < -0.39 is 28.5 Å². The molecule has 0 saturated carbocycles. The van der Waals surface area contributed by atoms with Gasteiger partial charge in [0.05, 0.1) is 28.6 Å². The van der Waals surface area contributed by atoms with Crippen LogP contribution in [0.1, 0.15) is 53.6 Å². The van der Waals surface area contributed by atoms with E-state index in [1.54, 1.807) is 12.1 Å². The molecule has 2 aliphatic heterocycles. The van der Waals surface area contributed by atoms with E-state index in [1.807, 2.05) is 79.8 Å². The van der Waals surface area contributed by atoms with Crippen LogP contribution in [0, 0.1) is 6.92 Å². The second-order valence-electron chi connectivity index (χ2n) is 18.9. The van der Waals surface area contributed by atoms with E-state index in [-0.39, 0.29) is 38.1 Å². The van der Waals surface area contributed by atoms with Crippen LogP contribution in [-0.2, 0) is 44.2 Å². The molecule has 1 N–H and O–H groups in total. The van der Waals surface area contributed by atoms with Crippen LogP contribution in [0.2, 0.25) is 0 Å². The lowest BCUT2D eigenvalue weighted by molar-refractivity contribution is -0.435. The molecule has 2 unspecified atom stereocenters. The van der Waals surface area contributed by atoms with Gasteiger partial charge in [-0.1, -0.05) is 157 Å². The zero-order chi connectivity index (χ0) is 48.8. The second-order valence-corrected chi connectivity index (χ2v) is 18.9. The van der Waals surface area contributed by atoms with Crippen molar-refractivity contribution in [3.8, 4) is 0 Å². The highest BCUT2D eigenvalue weighted by molar-refractivity contribution is 6.20. The molecule has 0 aliphatic carbocycles. The molecule has 2 atom stereocenters. The zero-order valence-corrected chi connectivity index (χ0v) is 39.3. The smallest absolute Gasteiger partial charge is 0.416 e. The third kappa shape index (κ3) is 7.93. The maximum Gasteiger partial charge on any atom is 0.416 e. The van der Waals surface area contributed by atoms with Crippen LogP contribution >= 0.6 is 0 Å². The number of rotatable bonds is 14. The number of aryl methyl sites for hydroxylation is 1. The summed E-state index contributed by atoms with van der Waals surface area (Å²) >= 11 is 0. The Hall–Kier alpha value is -7.78. The van der Waals surface area contributed by atoms with E-state index in [4.69, 9.17) is 4.74 Å². The molecule has 0 spiro atoms. The number of benzene rings is 8. The fourth-order valence-electron chi connectivity index (χ4n) is 11.7. The highest BCUT2D eigenvalue weighted by atomic mass is 19.4. The van der Waals surface area contributed by atoms with E-state index in [0.29, 0.717) is 12.9 Å². The molecule has 8 aromatic rings. The third-order valence-corrected chi connectivity index (χ3v) is 14.5. The zero-order valence-electron chi connectivity index (χ0n) is 39.3. The number of hydrogen-bond donors (Lipinski definition) is 1. The first-order valence-electron chi connectivity index (χ1n) is 23.7. The van der Waals surface area contributed by atoms with Crippen LogP contribution in [-0.4, -0.2) is 47.5 Å². The number of carboxylic acids is 1. The van der Waals surface area contributed by atoms with Gasteiger partial charge in [0.1, 0.15) is 13.0 Å². The Labute approximate surface area is 405 Å². The van der Waals surface area contributed by atoms with E-state index in [9.17, 15) is 27.9 Å². The number of aliphatic carboxylic acids is 1. The van der Waals surface area contributed by atoms with Gasteiger partial charge in [0, 0.05) is 28.1 Å². The third-order valence-electron chi connectivity index (χ3n) is 14.5. The number of carbonyl (C=O) groups excluding carboxylic acids is 1. The van der Waals surface area contributed by atoms with E-state index >= 15 is 0 Å². The van der Waals surface area contributed by atoms with Gasteiger partial charge < -0.3 is 14.7 Å². The molecule has 0 amide bonds. The van der Waals surface area contributed by atoms with Gasteiger partial charge in [0.2, 0.25) is 5.69 Å². The second kappa shape index (κ2) is 18.3. The number of halogens is 3.